The lowest BCUT2D eigenvalue weighted by atomic mass is 10.1. The molecule has 1 aromatic carbocycles. The molecule has 0 saturated carbocycles. The average molecular weight is 275 g/mol. The molecule has 0 bridgehead atoms. The first-order valence-electron chi connectivity index (χ1n) is 6.64. The minimum Gasteiger partial charge on any atom is -0.419 e. The van der Waals surface area contributed by atoms with Gasteiger partial charge in [-0.15, -0.1) is 10.2 Å². The van der Waals surface area contributed by atoms with Crippen LogP contribution in [0.25, 0.3) is 11.5 Å². The lowest BCUT2D eigenvalue weighted by molar-refractivity contribution is 0.0670. The molecular formula is C15H21N3O2. The second-order valence-corrected chi connectivity index (χ2v) is 5.70. The van der Waals surface area contributed by atoms with Crippen molar-refractivity contribution < 1.29 is 9.52 Å². The summed E-state index contributed by atoms with van der Waals surface area (Å²) in [5, 5.41) is 17.5. The topological polar surface area (TPSA) is 62.4 Å². The summed E-state index contributed by atoms with van der Waals surface area (Å²) in [4.78, 5) is 1.99. The van der Waals surface area contributed by atoms with Crippen molar-refractivity contribution in [2.45, 2.75) is 32.9 Å². The van der Waals surface area contributed by atoms with Crippen LogP contribution in [0.4, 0.5) is 0 Å². The Morgan fingerprint density at radius 3 is 2.70 bits per heavy atom. The van der Waals surface area contributed by atoms with E-state index < -0.39 is 0 Å². The summed E-state index contributed by atoms with van der Waals surface area (Å²) in [6.45, 7) is 6.53. The predicted molar refractivity (Wildman–Crippen MR) is 77.1 cm³/mol. The third-order valence-corrected chi connectivity index (χ3v) is 3.52. The van der Waals surface area contributed by atoms with Gasteiger partial charge in [0.15, 0.2) is 0 Å². The van der Waals surface area contributed by atoms with Crippen LogP contribution >= 0.6 is 0 Å². The molecule has 0 saturated heterocycles. The van der Waals surface area contributed by atoms with Gasteiger partial charge < -0.3 is 9.52 Å². The molecule has 0 unspecified atom stereocenters. The van der Waals surface area contributed by atoms with Gasteiger partial charge in [0.05, 0.1) is 13.2 Å². The van der Waals surface area contributed by atoms with E-state index in [1.807, 2.05) is 57.0 Å². The molecular weight excluding hydrogens is 254 g/mol. The Kier molecular flexibility index (Phi) is 4.20. The highest BCUT2D eigenvalue weighted by atomic mass is 16.4. The molecule has 0 aliphatic carbocycles. The van der Waals surface area contributed by atoms with E-state index in [0.717, 1.165) is 11.1 Å². The van der Waals surface area contributed by atoms with E-state index >= 15 is 0 Å². The molecule has 1 heterocycles. The number of likely N-dealkylation sites (N-methyl/N-ethyl adjacent to an activating group) is 1. The SMILES string of the molecule is Cc1cccc(-c2nnc(CN(C)C(C)(C)CO)o2)c1. The normalized spacial score (nSPS) is 12.1. The van der Waals surface area contributed by atoms with Gasteiger partial charge in [-0.1, -0.05) is 17.7 Å². The standard InChI is InChI=1S/C15H21N3O2/c1-11-6-5-7-12(8-11)14-17-16-13(20-14)9-18(4)15(2,3)10-19/h5-8,19H,9-10H2,1-4H3. The van der Waals surface area contributed by atoms with Crippen molar-refractivity contribution >= 4 is 0 Å². The number of hydrogen-bond donors (Lipinski definition) is 1. The summed E-state index contributed by atoms with van der Waals surface area (Å²) in [6.07, 6.45) is 0. The second kappa shape index (κ2) is 5.73. The van der Waals surface area contributed by atoms with E-state index in [1.54, 1.807) is 0 Å². The summed E-state index contributed by atoms with van der Waals surface area (Å²) in [6, 6.07) is 7.96. The smallest absolute Gasteiger partial charge is 0.247 e. The first-order chi connectivity index (χ1) is 9.42. The van der Waals surface area contributed by atoms with Crippen molar-refractivity contribution in [1.82, 2.24) is 15.1 Å². The molecule has 1 aromatic heterocycles. The van der Waals surface area contributed by atoms with Gasteiger partial charge in [0, 0.05) is 11.1 Å². The monoisotopic (exact) mass is 275 g/mol. The van der Waals surface area contributed by atoms with Gasteiger partial charge >= 0.3 is 0 Å². The Morgan fingerprint density at radius 1 is 1.30 bits per heavy atom. The summed E-state index contributed by atoms with van der Waals surface area (Å²) >= 11 is 0. The summed E-state index contributed by atoms with van der Waals surface area (Å²) in [7, 11) is 1.92. The Labute approximate surface area is 119 Å². The Bertz CT molecular complexity index is 578. The highest BCUT2D eigenvalue weighted by molar-refractivity contribution is 5.53. The fourth-order valence-electron chi connectivity index (χ4n) is 1.75. The largest absolute Gasteiger partial charge is 0.419 e. The van der Waals surface area contributed by atoms with Gasteiger partial charge in [0.25, 0.3) is 0 Å². The van der Waals surface area contributed by atoms with Crippen LogP contribution in [0, 0.1) is 6.92 Å². The molecule has 2 rings (SSSR count). The van der Waals surface area contributed by atoms with E-state index in [9.17, 15) is 5.11 Å². The number of rotatable bonds is 5. The number of benzene rings is 1. The zero-order chi connectivity index (χ0) is 14.8. The molecule has 5 heteroatoms. The fraction of sp³-hybridized carbons (Fsp3) is 0.467. The van der Waals surface area contributed by atoms with Crippen LogP contribution in [-0.2, 0) is 6.54 Å². The van der Waals surface area contributed by atoms with E-state index in [1.165, 1.54) is 0 Å². The first kappa shape index (κ1) is 14.7. The highest BCUT2D eigenvalue weighted by Gasteiger charge is 2.24. The van der Waals surface area contributed by atoms with Crippen molar-refractivity contribution in [2.24, 2.45) is 0 Å². The first-order valence-corrected chi connectivity index (χ1v) is 6.64. The third-order valence-electron chi connectivity index (χ3n) is 3.52. The van der Waals surface area contributed by atoms with Crippen molar-refractivity contribution in [3.8, 4) is 11.5 Å². The quantitative estimate of drug-likeness (QED) is 0.906. The number of aliphatic hydroxyl groups excluding tert-OH is 1. The average Bonchev–Trinajstić information content (AvgIpc) is 2.87. The third kappa shape index (κ3) is 3.23. The highest BCUT2D eigenvalue weighted by Crippen LogP contribution is 2.20. The van der Waals surface area contributed by atoms with Crippen molar-refractivity contribution in [3.63, 3.8) is 0 Å². The molecule has 0 amide bonds. The van der Waals surface area contributed by atoms with Crippen LogP contribution in [0.1, 0.15) is 25.3 Å². The van der Waals surface area contributed by atoms with Gasteiger partial charge in [-0.05, 0) is 40.0 Å². The van der Waals surface area contributed by atoms with Crippen LogP contribution < -0.4 is 0 Å². The van der Waals surface area contributed by atoms with Gasteiger partial charge in [-0.3, -0.25) is 4.90 Å². The van der Waals surface area contributed by atoms with Gasteiger partial charge in [-0.2, -0.15) is 0 Å². The maximum absolute atomic E-state index is 9.35. The van der Waals surface area contributed by atoms with Crippen LogP contribution in [0.15, 0.2) is 28.7 Å². The second-order valence-electron chi connectivity index (χ2n) is 5.70. The number of aryl methyl sites for hydroxylation is 1. The van der Waals surface area contributed by atoms with Crippen LogP contribution in [-0.4, -0.2) is 39.4 Å². The van der Waals surface area contributed by atoms with Gasteiger partial charge in [0.2, 0.25) is 11.8 Å². The lowest BCUT2D eigenvalue weighted by Crippen LogP contribution is -2.43. The number of hydrogen-bond acceptors (Lipinski definition) is 5. The van der Waals surface area contributed by atoms with Crippen LogP contribution in [0.3, 0.4) is 0 Å². The Hall–Kier alpha value is -1.72. The zero-order valence-electron chi connectivity index (χ0n) is 12.4. The maximum Gasteiger partial charge on any atom is 0.247 e. The molecule has 0 atom stereocenters. The number of aliphatic hydroxyl groups is 1. The Balaban J connectivity index is 2.14. The van der Waals surface area contributed by atoms with Crippen molar-refractivity contribution in [1.29, 1.82) is 0 Å². The molecule has 0 aliphatic heterocycles. The molecule has 0 fully saturated rings. The van der Waals surface area contributed by atoms with Gasteiger partial charge in [0.1, 0.15) is 0 Å². The molecule has 0 spiro atoms. The Morgan fingerprint density at radius 2 is 2.05 bits per heavy atom. The van der Waals surface area contributed by atoms with Crippen molar-refractivity contribution in [2.75, 3.05) is 13.7 Å². The molecule has 5 nitrogen and oxygen atoms in total. The fourth-order valence-corrected chi connectivity index (χ4v) is 1.75. The van der Waals surface area contributed by atoms with E-state index in [0.29, 0.717) is 18.3 Å². The van der Waals surface area contributed by atoms with E-state index in [4.69, 9.17) is 4.42 Å². The summed E-state index contributed by atoms with van der Waals surface area (Å²) in [5.41, 5.74) is 1.76. The minimum atomic E-state index is -0.321. The van der Waals surface area contributed by atoms with E-state index in [2.05, 4.69) is 10.2 Å². The molecule has 0 radical (unpaired) electrons. The molecule has 2 aromatic rings. The molecule has 108 valence electrons. The summed E-state index contributed by atoms with van der Waals surface area (Å²) in [5.74, 6) is 1.07. The lowest BCUT2D eigenvalue weighted by Gasteiger charge is -2.32. The molecule has 1 N–H and O–H groups in total. The van der Waals surface area contributed by atoms with Crippen molar-refractivity contribution in [3.05, 3.63) is 35.7 Å². The summed E-state index contributed by atoms with van der Waals surface area (Å²) < 4.78 is 5.69. The van der Waals surface area contributed by atoms with E-state index in [-0.39, 0.29) is 12.1 Å². The van der Waals surface area contributed by atoms with Gasteiger partial charge in [-0.25, -0.2) is 0 Å². The maximum atomic E-state index is 9.35. The molecule has 0 aliphatic rings. The predicted octanol–water partition coefficient (Wildman–Crippen LogP) is 2.25. The number of aromatic nitrogens is 2. The number of nitrogens with zero attached hydrogens (tertiary/aromatic N) is 3. The zero-order valence-corrected chi connectivity index (χ0v) is 12.4. The minimum absolute atomic E-state index is 0.0718. The molecule has 20 heavy (non-hydrogen) atoms. The van der Waals surface area contributed by atoms with Crippen LogP contribution in [0.5, 0.6) is 0 Å². The van der Waals surface area contributed by atoms with Crippen LogP contribution in [0.2, 0.25) is 0 Å².